The first-order chi connectivity index (χ1) is 5.34. The van der Waals surface area contributed by atoms with Gasteiger partial charge in [-0.1, -0.05) is 0 Å². The van der Waals surface area contributed by atoms with Crippen LogP contribution in [0.3, 0.4) is 0 Å². The maximum absolute atomic E-state index is 5.05. The van der Waals surface area contributed by atoms with Crippen LogP contribution in [0.5, 0.6) is 0 Å². The average molecular weight is 168 g/mol. The highest BCUT2D eigenvalue weighted by molar-refractivity contribution is 7.10. The molecule has 2 nitrogen and oxygen atoms in total. The number of rotatable bonds is 3. The molecule has 3 heteroatoms. The molecule has 1 aromatic rings. The topological polar surface area (TPSA) is 22.1 Å². The summed E-state index contributed by atoms with van der Waals surface area (Å²) in [4.78, 5) is 5.09. The molecule has 0 bridgehead atoms. The fraction of sp³-hybridized carbons (Fsp3) is 0.375. The Morgan fingerprint density at radius 2 is 2.55 bits per heavy atom. The van der Waals surface area contributed by atoms with Gasteiger partial charge in [-0.25, -0.2) is 4.98 Å². The molecule has 1 rings (SSSR count). The lowest BCUT2D eigenvalue weighted by molar-refractivity contribution is 0.272. The van der Waals surface area contributed by atoms with Crippen molar-refractivity contribution in [1.29, 1.82) is 0 Å². The molecule has 1 heterocycles. The summed E-state index contributed by atoms with van der Waals surface area (Å²) in [5.41, 5.74) is 3.82. The molecule has 0 spiro atoms. The monoisotopic (exact) mass is 168 g/mol. The Kier molecular flexibility index (Phi) is 3.11. The van der Waals surface area contributed by atoms with Gasteiger partial charge in [-0.3, -0.25) is 0 Å². The Morgan fingerprint density at radius 1 is 1.73 bits per heavy atom. The number of hydrogen-bond acceptors (Lipinski definition) is 3. The lowest BCUT2D eigenvalue weighted by atomic mass is 10.4. The minimum absolute atomic E-state index is 0.706. The molecule has 0 amide bonds. The molecule has 0 unspecified atom stereocenters. The number of aromatic nitrogens is 1. The molecular formula is C8H10NOS. The van der Waals surface area contributed by atoms with E-state index < -0.39 is 0 Å². The van der Waals surface area contributed by atoms with Crippen LogP contribution in [0.2, 0.25) is 0 Å². The van der Waals surface area contributed by atoms with Crippen molar-refractivity contribution in [2.24, 2.45) is 0 Å². The van der Waals surface area contributed by atoms with E-state index >= 15 is 0 Å². The van der Waals surface area contributed by atoms with Crippen molar-refractivity contribution in [3.05, 3.63) is 22.3 Å². The normalized spacial score (nSPS) is 10.7. The molecule has 11 heavy (non-hydrogen) atoms. The van der Waals surface area contributed by atoms with Gasteiger partial charge in [-0.2, -0.15) is 0 Å². The standard InChI is InChI=1S/C8H10NOS/c1-3-10-5-4-8-7(2)9-6-11-8/h4-5H,3H2,1-2H3/b5-4+. The van der Waals surface area contributed by atoms with Crippen LogP contribution in [0.15, 0.2) is 6.26 Å². The lowest BCUT2D eigenvalue weighted by Gasteiger charge is -1.91. The third-order valence-corrected chi connectivity index (χ3v) is 2.04. The first kappa shape index (κ1) is 8.27. The van der Waals surface area contributed by atoms with E-state index in [1.807, 2.05) is 19.9 Å². The largest absolute Gasteiger partial charge is 0.501 e. The van der Waals surface area contributed by atoms with Crippen LogP contribution in [0.1, 0.15) is 17.5 Å². The van der Waals surface area contributed by atoms with Crippen molar-refractivity contribution in [3.63, 3.8) is 0 Å². The predicted molar refractivity (Wildman–Crippen MR) is 46.3 cm³/mol. The summed E-state index contributed by atoms with van der Waals surface area (Å²) in [6.07, 6.45) is 3.60. The van der Waals surface area contributed by atoms with Gasteiger partial charge in [0.2, 0.25) is 0 Å². The molecule has 0 fully saturated rings. The highest BCUT2D eigenvalue weighted by Gasteiger charge is 1.94. The molecule has 1 radical (unpaired) electrons. The molecule has 0 aliphatic carbocycles. The Morgan fingerprint density at radius 3 is 3.09 bits per heavy atom. The van der Waals surface area contributed by atoms with Gasteiger partial charge >= 0.3 is 0 Å². The van der Waals surface area contributed by atoms with Gasteiger partial charge in [-0.15, -0.1) is 11.3 Å². The second-order valence-electron chi connectivity index (χ2n) is 2.01. The van der Waals surface area contributed by atoms with Crippen LogP contribution in [0, 0.1) is 12.4 Å². The molecule has 0 saturated carbocycles. The lowest BCUT2D eigenvalue weighted by Crippen LogP contribution is -1.77. The third-order valence-electron chi connectivity index (χ3n) is 1.21. The van der Waals surface area contributed by atoms with E-state index in [2.05, 4.69) is 10.5 Å². The Balaban J connectivity index is 2.56. The maximum atomic E-state index is 5.05. The second kappa shape index (κ2) is 4.13. The van der Waals surface area contributed by atoms with E-state index in [1.165, 1.54) is 11.3 Å². The van der Waals surface area contributed by atoms with Crippen molar-refractivity contribution in [2.45, 2.75) is 13.8 Å². The minimum Gasteiger partial charge on any atom is -0.501 e. The second-order valence-corrected chi connectivity index (χ2v) is 2.84. The van der Waals surface area contributed by atoms with Crippen molar-refractivity contribution in [3.8, 4) is 0 Å². The summed E-state index contributed by atoms with van der Waals surface area (Å²) < 4.78 is 5.05. The van der Waals surface area contributed by atoms with Gasteiger partial charge in [-0.05, 0) is 19.9 Å². The van der Waals surface area contributed by atoms with Gasteiger partial charge in [0.15, 0.2) is 5.51 Å². The van der Waals surface area contributed by atoms with E-state index in [0.29, 0.717) is 6.61 Å². The zero-order chi connectivity index (χ0) is 8.10. The molecule has 59 valence electrons. The zero-order valence-electron chi connectivity index (χ0n) is 6.63. The van der Waals surface area contributed by atoms with Crippen LogP contribution in [0.4, 0.5) is 0 Å². The minimum atomic E-state index is 0.706. The first-order valence-corrected chi connectivity index (χ1v) is 4.28. The molecular weight excluding hydrogens is 158 g/mol. The molecule has 0 aliphatic rings. The van der Waals surface area contributed by atoms with Gasteiger partial charge < -0.3 is 4.74 Å². The summed E-state index contributed by atoms with van der Waals surface area (Å²) >= 11 is 1.50. The van der Waals surface area contributed by atoms with Gasteiger partial charge in [0.1, 0.15) is 0 Å². The van der Waals surface area contributed by atoms with Gasteiger partial charge in [0, 0.05) is 0 Å². The van der Waals surface area contributed by atoms with Gasteiger partial charge in [0.25, 0.3) is 0 Å². The number of ether oxygens (including phenoxy) is 1. The van der Waals surface area contributed by atoms with Crippen LogP contribution >= 0.6 is 11.3 Å². The SMILES string of the molecule is CCO/C=C/c1s[c]nc1C. The Bertz CT molecular complexity index is 242. The summed E-state index contributed by atoms with van der Waals surface area (Å²) in [5, 5.41) is 0. The van der Waals surface area contributed by atoms with Crippen LogP contribution in [-0.4, -0.2) is 11.6 Å². The predicted octanol–water partition coefficient (Wildman–Crippen LogP) is 2.26. The number of aryl methyl sites for hydroxylation is 1. The van der Waals surface area contributed by atoms with Crippen molar-refractivity contribution in [2.75, 3.05) is 6.61 Å². The summed E-state index contributed by atoms with van der Waals surface area (Å²) in [7, 11) is 0. The molecule has 0 aromatic carbocycles. The van der Waals surface area contributed by atoms with Crippen LogP contribution < -0.4 is 0 Å². The Labute approximate surface area is 70.5 Å². The van der Waals surface area contributed by atoms with Crippen molar-refractivity contribution in [1.82, 2.24) is 4.98 Å². The van der Waals surface area contributed by atoms with E-state index in [0.717, 1.165) is 10.6 Å². The smallest absolute Gasteiger partial charge is 0.153 e. The highest BCUT2D eigenvalue weighted by atomic mass is 32.1. The maximum Gasteiger partial charge on any atom is 0.153 e. The summed E-state index contributed by atoms with van der Waals surface area (Å²) in [5.74, 6) is 0. The quantitative estimate of drug-likeness (QED) is 0.646. The zero-order valence-corrected chi connectivity index (χ0v) is 7.44. The van der Waals surface area contributed by atoms with Crippen molar-refractivity contribution >= 4 is 17.4 Å². The van der Waals surface area contributed by atoms with Crippen molar-refractivity contribution < 1.29 is 4.74 Å². The van der Waals surface area contributed by atoms with E-state index in [4.69, 9.17) is 4.74 Å². The summed E-state index contributed by atoms with van der Waals surface area (Å²) in [6.45, 7) is 4.62. The molecule has 0 saturated heterocycles. The summed E-state index contributed by atoms with van der Waals surface area (Å²) in [6, 6.07) is 0. The van der Waals surface area contributed by atoms with Crippen LogP contribution in [-0.2, 0) is 4.74 Å². The number of thiazole rings is 1. The number of nitrogens with zero attached hydrogens (tertiary/aromatic N) is 1. The third kappa shape index (κ3) is 2.35. The molecule has 0 aliphatic heterocycles. The fourth-order valence-corrected chi connectivity index (χ4v) is 1.23. The first-order valence-electron chi connectivity index (χ1n) is 3.46. The Hall–Kier alpha value is -0.830. The molecule has 0 N–H and O–H groups in total. The highest BCUT2D eigenvalue weighted by Crippen LogP contribution is 2.12. The van der Waals surface area contributed by atoms with Crippen LogP contribution in [0.25, 0.3) is 6.08 Å². The van der Waals surface area contributed by atoms with Gasteiger partial charge in [0.05, 0.1) is 23.4 Å². The molecule has 1 aromatic heterocycles. The van der Waals surface area contributed by atoms with E-state index in [1.54, 1.807) is 6.26 Å². The fourth-order valence-electron chi connectivity index (χ4n) is 0.630. The van der Waals surface area contributed by atoms with E-state index in [-0.39, 0.29) is 0 Å². The van der Waals surface area contributed by atoms with E-state index in [9.17, 15) is 0 Å². The average Bonchev–Trinajstić information content (AvgIpc) is 2.37. The number of hydrogen-bond donors (Lipinski definition) is 0. The molecule has 0 atom stereocenters.